The molecular formula is C22H27IN2O3. The van der Waals surface area contributed by atoms with Gasteiger partial charge in [0.15, 0.2) is 6.61 Å². The van der Waals surface area contributed by atoms with Crippen LogP contribution in [0, 0.1) is 10.5 Å². The van der Waals surface area contributed by atoms with Crippen LogP contribution in [0.4, 0.5) is 0 Å². The van der Waals surface area contributed by atoms with Gasteiger partial charge in [-0.2, -0.15) is 0 Å². The predicted molar refractivity (Wildman–Crippen MR) is 119 cm³/mol. The number of amides is 2. The normalized spacial score (nSPS) is 11.6. The van der Waals surface area contributed by atoms with Gasteiger partial charge in [-0.25, -0.2) is 0 Å². The Morgan fingerprint density at radius 3 is 2.36 bits per heavy atom. The van der Waals surface area contributed by atoms with Gasteiger partial charge in [-0.05, 0) is 72.7 Å². The van der Waals surface area contributed by atoms with E-state index in [4.69, 9.17) is 4.74 Å². The molecule has 2 rings (SSSR count). The Morgan fingerprint density at radius 2 is 1.75 bits per heavy atom. The molecule has 0 radical (unpaired) electrons. The maximum absolute atomic E-state index is 12.9. The van der Waals surface area contributed by atoms with Gasteiger partial charge in [-0.15, -0.1) is 0 Å². The number of ether oxygens (including phenoxy) is 1. The number of nitrogens with zero attached hydrogens (tertiary/aromatic N) is 1. The first-order chi connectivity index (χ1) is 13.4. The van der Waals surface area contributed by atoms with Crippen LogP contribution in [0.2, 0.25) is 0 Å². The first kappa shape index (κ1) is 22.2. The summed E-state index contributed by atoms with van der Waals surface area (Å²) in [6.45, 7) is 6.60. The van der Waals surface area contributed by atoms with Gasteiger partial charge in [0.05, 0.1) is 0 Å². The Balaban J connectivity index is 2.10. The number of hydrogen-bond donors (Lipinski definition) is 1. The van der Waals surface area contributed by atoms with Crippen molar-refractivity contribution in [3.8, 4) is 5.75 Å². The molecule has 6 heteroatoms. The van der Waals surface area contributed by atoms with Gasteiger partial charge >= 0.3 is 0 Å². The molecule has 2 aromatic rings. The minimum atomic E-state index is -0.583. The van der Waals surface area contributed by atoms with Gasteiger partial charge in [-0.1, -0.05) is 36.8 Å². The third-order valence-electron chi connectivity index (χ3n) is 4.37. The number of carbonyl (C=O) groups is 2. The molecule has 1 atom stereocenters. The Bertz CT molecular complexity index is 775. The molecule has 0 bridgehead atoms. The maximum atomic E-state index is 12.9. The van der Waals surface area contributed by atoms with Crippen LogP contribution in [0.15, 0.2) is 48.5 Å². The van der Waals surface area contributed by atoms with Crippen LogP contribution in [0.5, 0.6) is 5.75 Å². The first-order valence-corrected chi connectivity index (χ1v) is 10.5. The van der Waals surface area contributed by atoms with Crippen molar-refractivity contribution in [2.75, 3.05) is 13.2 Å². The average Bonchev–Trinajstić information content (AvgIpc) is 2.70. The summed E-state index contributed by atoms with van der Waals surface area (Å²) in [5.41, 5.74) is 2.13. The topological polar surface area (TPSA) is 58.6 Å². The molecule has 0 aromatic heterocycles. The van der Waals surface area contributed by atoms with Crippen LogP contribution in [-0.4, -0.2) is 35.9 Å². The molecule has 2 amide bonds. The summed E-state index contributed by atoms with van der Waals surface area (Å²) in [4.78, 5) is 26.9. The van der Waals surface area contributed by atoms with Crippen molar-refractivity contribution >= 4 is 34.4 Å². The summed E-state index contributed by atoms with van der Waals surface area (Å²) in [6, 6.07) is 14.9. The highest BCUT2D eigenvalue weighted by Gasteiger charge is 2.26. The van der Waals surface area contributed by atoms with Gasteiger partial charge in [0.25, 0.3) is 5.91 Å². The predicted octanol–water partition coefficient (Wildman–Crippen LogP) is 3.92. The zero-order valence-electron chi connectivity index (χ0n) is 16.6. The molecule has 0 fully saturated rings. The summed E-state index contributed by atoms with van der Waals surface area (Å²) in [6.07, 6.45) is 0.848. The van der Waals surface area contributed by atoms with Crippen molar-refractivity contribution in [3.63, 3.8) is 0 Å². The van der Waals surface area contributed by atoms with Crippen LogP contribution in [0.3, 0.4) is 0 Å². The SMILES string of the molecule is CCCNC(=O)C(C)N(Cc1ccc(C)cc1)C(=O)COc1ccc(I)cc1. The number of rotatable bonds is 9. The number of hydrogen-bond acceptors (Lipinski definition) is 3. The van der Waals surface area contributed by atoms with Crippen molar-refractivity contribution in [1.29, 1.82) is 0 Å². The van der Waals surface area contributed by atoms with Crippen molar-refractivity contribution in [3.05, 3.63) is 63.2 Å². The second-order valence-corrected chi connectivity index (χ2v) is 7.96. The van der Waals surface area contributed by atoms with Crippen LogP contribution < -0.4 is 10.1 Å². The lowest BCUT2D eigenvalue weighted by Crippen LogP contribution is -2.49. The molecule has 150 valence electrons. The van der Waals surface area contributed by atoms with E-state index in [0.29, 0.717) is 18.8 Å². The second kappa shape index (κ2) is 11.0. The van der Waals surface area contributed by atoms with Crippen molar-refractivity contribution in [1.82, 2.24) is 10.2 Å². The van der Waals surface area contributed by atoms with Crippen molar-refractivity contribution in [2.45, 2.75) is 39.8 Å². The zero-order chi connectivity index (χ0) is 20.5. The molecule has 0 saturated carbocycles. The fourth-order valence-corrected chi connectivity index (χ4v) is 2.99. The second-order valence-electron chi connectivity index (χ2n) is 6.72. The molecule has 5 nitrogen and oxygen atoms in total. The quantitative estimate of drug-likeness (QED) is 0.538. The molecule has 0 spiro atoms. The van der Waals surface area contributed by atoms with E-state index in [-0.39, 0.29) is 18.4 Å². The molecule has 0 heterocycles. The van der Waals surface area contributed by atoms with Crippen LogP contribution in [0.25, 0.3) is 0 Å². The summed E-state index contributed by atoms with van der Waals surface area (Å²) >= 11 is 2.22. The number of nitrogens with one attached hydrogen (secondary N) is 1. The molecule has 0 saturated heterocycles. The highest BCUT2D eigenvalue weighted by molar-refractivity contribution is 14.1. The van der Waals surface area contributed by atoms with E-state index in [1.165, 1.54) is 0 Å². The van der Waals surface area contributed by atoms with Gasteiger partial charge < -0.3 is 15.0 Å². The number of carbonyl (C=O) groups excluding carboxylic acids is 2. The molecule has 1 unspecified atom stereocenters. The van der Waals surface area contributed by atoms with Gasteiger partial charge in [0.2, 0.25) is 5.91 Å². The van der Waals surface area contributed by atoms with Gasteiger partial charge in [-0.3, -0.25) is 9.59 Å². The Hall–Kier alpha value is -2.09. The average molecular weight is 494 g/mol. The highest BCUT2D eigenvalue weighted by atomic mass is 127. The minimum Gasteiger partial charge on any atom is -0.484 e. The summed E-state index contributed by atoms with van der Waals surface area (Å²) in [5, 5.41) is 2.87. The monoisotopic (exact) mass is 494 g/mol. The molecule has 0 aliphatic carbocycles. The van der Waals surface area contributed by atoms with Gasteiger partial charge in [0.1, 0.15) is 11.8 Å². The molecule has 2 aromatic carbocycles. The van der Waals surface area contributed by atoms with E-state index in [1.54, 1.807) is 11.8 Å². The highest BCUT2D eigenvalue weighted by Crippen LogP contribution is 2.15. The van der Waals surface area contributed by atoms with Gasteiger partial charge in [0, 0.05) is 16.7 Å². The van der Waals surface area contributed by atoms with Crippen molar-refractivity contribution < 1.29 is 14.3 Å². The number of halogens is 1. The van der Waals surface area contributed by atoms with Crippen LogP contribution in [-0.2, 0) is 16.1 Å². The van der Waals surface area contributed by atoms with Crippen LogP contribution in [0.1, 0.15) is 31.4 Å². The maximum Gasteiger partial charge on any atom is 0.261 e. The first-order valence-electron chi connectivity index (χ1n) is 9.41. The third kappa shape index (κ3) is 6.82. The van der Waals surface area contributed by atoms with Crippen LogP contribution >= 0.6 is 22.6 Å². The molecule has 0 aliphatic rings. The lowest BCUT2D eigenvalue weighted by atomic mass is 10.1. The van der Waals surface area contributed by atoms with E-state index < -0.39 is 6.04 Å². The minimum absolute atomic E-state index is 0.113. The third-order valence-corrected chi connectivity index (χ3v) is 5.09. The standard InChI is InChI=1S/C22H27IN2O3/c1-4-13-24-22(27)17(3)25(14-18-7-5-16(2)6-8-18)21(26)15-28-20-11-9-19(23)10-12-20/h5-12,17H,4,13-15H2,1-3H3,(H,24,27). The fraction of sp³-hybridized carbons (Fsp3) is 0.364. The van der Waals surface area contributed by atoms with E-state index in [1.807, 2.05) is 62.4 Å². The van der Waals surface area contributed by atoms with Crippen molar-refractivity contribution in [2.24, 2.45) is 0 Å². The lowest BCUT2D eigenvalue weighted by Gasteiger charge is -2.28. The smallest absolute Gasteiger partial charge is 0.261 e. The summed E-state index contributed by atoms with van der Waals surface area (Å²) in [7, 11) is 0. The Kier molecular flexibility index (Phi) is 8.76. The number of benzene rings is 2. The Morgan fingerprint density at radius 1 is 1.11 bits per heavy atom. The number of aryl methyl sites for hydroxylation is 1. The Labute approximate surface area is 180 Å². The van der Waals surface area contributed by atoms with E-state index in [0.717, 1.165) is 21.1 Å². The van der Waals surface area contributed by atoms with E-state index >= 15 is 0 Å². The molecule has 0 aliphatic heterocycles. The summed E-state index contributed by atoms with van der Waals surface area (Å²) < 4.78 is 6.74. The molecule has 1 N–H and O–H groups in total. The van der Waals surface area contributed by atoms with E-state index in [2.05, 4.69) is 27.9 Å². The molecule has 28 heavy (non-hydrogen) atoms. The fourth-order valence-electron chi connectivity index (χ4n) is 2.63. The van der Waals surface area contributed by atoms with E-state index in [9.17, 15) is 9.59 Å². The zero-order valence-corrected chi connectivity index (χ0v) is 18.7. The lowest BCUT2D eigenvalue weighted by molar-refractivity contribution is -0.142. The molecular weight excluding hydrogens is 467 g/mol. The summed E-state index contributed by atoms with van der Waals surface area (Å²) in [5.74, 6) is 0.252. The largest absolute Gasteiger partial charge is 0.484 e.